The number of rotatable bonds is 5. The Labute approximate surface area is 120 Å². The molecule has 0 saturated carbocycles. The van der Waals surface area contributed by atoms with Crippen LogP contribution < -0.4 is 5.32 Å². The smallest absolute Gasteiger partial charge is 0.184 e. The highest BCUT2D eigenvalue weighted by molar-refractivity contribution is 9.10. The van der Waals surface area contributed by atoms with Gasteiger partial charge < -0.3 is 10.2 Å². The maximum Gasteiger partial charge on any atom is 0.184 e. The molecule has 0 radical (unpaired) electrons. The van der Waals surface area contributed by atoms with E-state index >= 15 is 0 Å². The van der Waals surface area contributed by atoms with E-state index in [-0.39, 0.29) is 0 Å². The zero-order chi connectivity index (χ0) is 13.1. The van der Waals surface area contributed by atoms with Gasteiger partial charge in [0, 0.05) is 10.5 Å². The Morgan fingerprint density at radius 1 is 1.44 bits per heavy atom. The van der Waals surface area contributed by atoms with Crippen LogP contribution in [0.1, 0.15) is 13.3 Å². The topological polar surface area (TPSA) is 28.2 Å². The molecule has 1 aromatic carbocycles. The molecule has 2 aromatic rings. The lowest BCUT2D eigenvalue weighted by molar-refractivity contribution is 0.390. The lowest BCUT2D eigenvalue weighted by Gasteiger charge is -2.15. The first kappa shape index (κ1) is 13.8. The largest absolute Gasteiger partial charge is 0.359 e. The third-order valence-corrected chi connectivity index (χ3v) is 4.19. The second-order valence-corrected chi connectivity index (χ2v) is 6.71. The van der Waals surface area contributed by atoms with Gasteiger partial charge in [0.25, 0.3) is 0 Å². The van der Waals surface area contributed by atoms with Crippen LogP contribution >= 0.6 is 27.3 Å². The summed E-state index contributed by atoms with van der Waals surface area (Å²) in [7, 11) is 4.20. The van der Waals surface area contributed by atoms with Gasteiger partial charge in [0.1, 0.15) is 0 Å². The first-order valence-electron chi connectivity index (χ1n) is 6.02. The molecule has 18 heavy (non-hydrogen) atoms. The summed E-state index contributed by atoms with van der Waals surface area (Å²) in [5.41, 5.74) is 1.05. The number of benzene rings is 1. The summed E-state index contributed by atoms with van der Waals surface area (Å²) < 4.78 is 2.30. The van der Waals surface area contributed by atoms with Crippen LogP contribution in [-0.4, -0.2) is 36.6 Å². The predicted octanol–water partition coefficient (Wildman–Crippen LogP) is 3.81. The number of thiazole rings is 1. The third kappa shape index (κ3) is 3.67. The molecule has 5 heteroatoms. The van der Waals surface area contributed by atoms with Crippen molar-refractivity contribution in [2.75, 3.05) is 26.0 Å². The normalized spacial score (nSPS) is 13.2. The van der Waals surface area contributed by atoms with Gasteiger partial charge in [-0.2, -0.15) is 0 Å². The van der Waals surface area contributed by atoms with E-state index in [2.05, 4.69) is 70.3 Å². The van der Waals surface area contributed by atoms with Gasteiger partial charge in [0.15, 0.2) is 5.13 Å². The van der Waals surface area contributed by atoms with Gasteiger partial charge in [0.2, 0.25) is 0 Å². The summed E-state index contributed by atoms with van der Waals surface area (Å²) in [6.45, 7) is 3.29. The molecule has 0 fully saturated rings. The number of hydrogen-bond donors (Lipinski definition) is 1. The summed E-state index contributed by atoms with van der Waals surface area (Å²) in [5.74, 6) is 0. The van der Waals surface area contributed by atoms with E-state index in [0.717, 1.165) is 28.1 Å². The van der Waals surface area contributed by atoms with Crippen LogP contribution in [-0.2, 0) is 0 Å². The van der Waals surface area contributed by atoms with Crippen LogP contribution in [0.5, 0.6) is 0 Å². The first-order chi connectivity index (χ1) is 8.54. The number of halogens is 1. The number of nitrogens with zero attached hydrogens (tertiary/aromatic N) is 2. The maximum atomic E-state index is 4.60. The van der Waals surface area contributed by atoms with Crippen LogP contribution in [0.4, 0.5) is 5.13 Å². The van der Waals surface area contributed by atoms with Crippen LogP contribution in [0.25, 0.3) is 10.2 Å². The molecule has 1 unspecified atom stereocenters. The highest BCUT2D eigenvalue weighted by Gasteiger charge is 2.07. The molecule has 98 valence electrons. The van der Waals surface area contributed by atoms with Crippen molar-refractivity contribution in [2.24, 2.45) is 0 Å². The summed E-state index contributed by atoms with van der Waals surface area (Å²) in [6, 6.07) is 6.66. The Kier molecular flexibility index (Phi) is 4.59. The average molecular weight is 328 g/mol. The van der Waals surface area contributed by atoms with Crippen molar-refractivity contribution < 1.29 is 0 Å². The average Bonchev–Trinajstić information content (AvgIpc) is 2.67. The quantitative estimate of drug-likeness (QED) is 0.905. The Morgan fingerprint density at radius 3 is 2.94 bits per heavy atom. The number of nitrogens with one attached hydrogen (secondary N) is 1. The molecular weight excluding hydrogens is 310 g/mol. The van der Waals surface area contributed by atoms with E-state index in [1.807, 2.05) is 0 Å². The molecule has 0 spiro atoms. The number of hydrogen-bond acceptors (Lipinski definition) is 4. The van der Waals surface area contributed by atoms with Crippen molar-refractivity contribution in [1.29, 1.82) is 0 Å². The van der Waals surface area contributed by atoms with E-state index in [9.17, 15) is 0 Å². The van der Waals surface area contributed by atoms with E-state index in [1.54, 1.807) is 11.3 Å². The van der Waals surface area contributed by atoms with Crippen molar-refractivity contribution in [2.45, 2.75) is 19.4 Å². The lowest BCUT2D eigenvalue weighted by Crippen LogP contribution is -2.22. The molecule has 2 rings (SSSR count). The molecule has 0 bridgehead atoms. The maximum absolute atomic E-state index is 4.60. The standard InChI is InChI=1S/C13H18BrN3S/c1-9(6-7-17(2)3)15-13-16-11-8-10(14)4-5-12(11)18-13/h4-5,8-9H,6-7H2,1-3H3,(H,15,16). The fraction of sp³-hybridized carbons (Fsp3) is 0.462. The fourth-order valence-electron chi connectivity index (χ4n) is 1.70. The van der Waals surface area contributed by atoms with E-state index in [4.69, 9.17) is 0 Å². The Morgan fingerprint density at radius 2 is 2.22 bits per heavy atom. The van der Waals surface area contributed by atoms with E-state index in [0.29, 0.717) is 6.04 Å². The van der Waals surface area contributed by atoms with Crippen LogP contribution in [0, 0.1) is 0 Å². The summed E-state index contributed by atoms with van der Waals surface area (Å²) >= 11 is 5.18. The second kappa shape index (κ2) is 5.99. The van der Waals surface area contributed by atoms with Crippen molar-refractivity contribution >= 4 is 42.6 Å². The minimum Gasteiger partial charge on any atom is -0.359 e. The minimum absolute atomic E-state index is 0.441. The van der Waals surface area contributed by atoms with Crippen molar-refractivity contribution in [3.05, 3.63) is 22.7 Å². The Bertz CT molecular complexity index is 524. The van der Waals surface area contributed by atoms with Crippen molar-refractivity contribution in [1.82, 2.24) is 9.88 Å². The lowest BCUT2D eigenvalue weighted by atomic mass is 10.2. The molecule has 0 aliphatic heterocycles. The first-order valence-corrected chi connectivity index (χ1v) is 7.63. The second-order valence-electron chi connectivity index (χ2n) is 4.77. The fourth-order valence-corrected chi connectivity index (χ4v) is 3.00. The van der Waals surface area contributed by atoms with Crippen LogP contribution in [0.2, 0.25) is 0 Å². The molecule has 1 heterocycles. The van der Waals surface area contributed by atoms with Gasteiger partial charge in [-0.1, -0.05) is 27.3 Å². The van der Waals surface area contributed by atoms with Crippen molar-refractivity contribution in [3.8, 4) is 0 Å². The Balaban J connectivity index is 2.03. The van der Waals surface area contributed by atoms with Gasteiger partial charge in [0.05, 0.1) is 10.2 Å². The minimum atomic E-state index is 0.441. The molecule has 0 saturated heterocycles. The highest BCUT2D eigenvalue weighted by atomic mass is 79.9. The van der Waals surface area contributed by atoms with Gasteiger partial charge >= 0.3 is 0 Å². The molecule has 1 N–H and O–H groups in total. The van der Waals surface area contributed by atoms with Gasteiger partial charge in [-0.15, -0.1) is 0 Å². The number of aromatic nitrogens is 1. The van der Waals surface area contributed by atoms with Crippen LogP contribution in [0.3, 0.4) is 0 Å². The summed E-state index contributed by atoms with van der Waals surface area (Å²) in [4.78, 5) is 6.81. The zero-order valence-corrected chi connectivity index (χ0v) is 13.3. The Hall–Kier alpha value is -0.650. The summed E-state index contributed by atoms with van der Waals surface area (Å²) in [6.07, 6.45) is 1.12. The molecular formula is C13H18BrN3S. The third-order valence-electron chi connectivity index (χ3n) is 2.73. The van der Waals surface area contributed by atoms with Gasteiger partial charge in [-0.05, 0) is 52.2 Å². The van der Waals surface area contributed by atoms with E-state index < -0.39 is 0 Å². The number of anilines is 1. The van der Waals surface area contributed by atoms with Crippen molar-refractivity contribution in [3.63, 3.8) is 0 Å². The SMILES string of the molecule is CC(CCN(C)C)Nc1nc2cc(Br)ccc2s1. The monoisotopic (exact) mass is 327 g/mol. The highest BCUT2D eigenvalue weighted by Crippen LogP contribution is 2.28. The van der Waals surface area contributed by atoms with Gasteiger partial charge in [-0.3, -0.25) is 0 Å². The zero-order valence-electron chi connectivity index (χ0n) is 10.9. The number of fused-ring (bicyclic) bond motifs is 1. The molecule has 0 aliphatic rings. The molecule has 0 aliphatic carbocycles. The van der Waals surface area contributed by atoms with Crippen LogP contribution in [0.15, 0.2) is 22.7 Å². The predicted molar refractivity (Wildman–Crippen MR) is 83.6 cm³/mol. The van der Waals surface area contributed by atoms with E-state index in [1.165, 1.54) is 4.70 Å². The molecule has 0 amide bonds. The molecule has 1 atom stereocenters. The molecule has 1 aromatic heterocycles. The molecule has 3 nitrogen and oxygen atoms in total. The summed E-state index contributed by atoms with van der Waals surface area (Å²) in [5, 5.41) is 4.48. The van der Waals surface area contributed by atoms with Gasteiger partial charge in [-0.25, -0.2) is 4.98 Å².